The second-order valence-corrected chi connectivity index (χ2v) is 9.59. The second-order valence-electron chi connectivity index (χ2n) is 9.21. The SMILES string of the molecule is Cc1cccc(NC(=O)NCc2ccc(CN3C(=N)N[C@](C)(Cc4cc(F)cc(F)c4)C3=O)cc2)c1Cl. The standard InChI is InChI=1S/C27H26ClF2N5O2/c1-16-4-3-5-22(23(16)28)33-26(37)32-14-17-6-8-18(9-7-17)15-35-24(36)27(2,34-25(35)31)13-19-10-20(29)12-21(30)11-19/h3-12H,13-15H2,1-2H3,(H2,31,34)(H2,32,33,37)/t27-/m1/s1. The van der Waals surface area contributed by atoms with E-state index in [-0.39, 0.29) is 31.4 Å². The summed E-state index contributed by atoms with van der Waals surface area (Å²) in [5, 5.41) is 17.1. The molecule has 1 saturated heterocycles. The van der Waals surface area contributed by atoms with Crippen molar-refractivity contribution in [1.29, 1.82) is 5.41 Å². The predicted octanol–water partition coefficient (Wildman–Crippen LogP) is 5.12. The van der Waals surface area contributed by atoms with Gasteiger partial charge >= 0.3 is 6.03 Å². The fraction of sp³-hybridized carbons (Fsp3) is 0.222. The van der Waals surface area contributed by atoms with Crippen molar-refractivity contribution in [1.82, 2.24) is 15.5 Å². The molecule has 1 heterocycles. The van der Waals surface area contributed by atoms with Crippen LogP contribution in [-0.4, -0.2) is 28.3 Å². The highest BCUT2D eigenvalue weighted by Gasteiger charge is 2.45. The van der Waals surface area contributed by atoms with Gasteiger partial charge in [-0.15, -0.1) is 0 Å². The van der Waals surface area contributed by atoms with E-state index in [2.05, 4.69) is 16.0 Å². The van der Waals surface area contributed by atoms with Crippen molar-refractivity contribution in [3.8, 4) is 0 Å². The van der Waals surface area contributed by atoms with Crippen molar-refractivity contribution in [3.05, 3.63) is 99.6 Å². The van der Waals surface area contributed by atoms with Crippen LogP contribution >= 0.6 is 11.6 Å². The normalized spacial score (nSPS) is 17.1. The largest absolute Gasteiger partial charge is 0.342 e. The number of hydrogen-bond donors (Lipinski definition) is 4. The van der Waals surface area contributed by atoms with Crippen LogP contribution in [0.25, 0.3) is 0 Å². The summed E-state index contributed by atoms with van der Waals surface area (Å²) in [6, 6.07) is 15.4. The van der Waals surface area contributed by atoms with Gasteiger partial charge in [-0.1, -0.05) is 48.0 Å². The van der Waals surface area contributed by atoms with E-state index in [4.69, 9.17) is 17.0 Å². The number of nitrogens with one attached hydrogen (secondary N) is 4. The molecule has 3 aromatic carbocycles. The van der Waals surface area contributed by atoms with Crippen molar-refractivity contribution >= 4 is 35.2 Å². The number of amides is 3. The Morgan fingerprint density at radius 1 is 1.05 bits per heavy atom. The van der Waals surface area contributed by atoms with Crippen LogP contribution in [0, 0.1) is 24.0 Å². The Bertz CT molecular complexity index is 1350. The van der Waals surface area contributed by atoms with E-state index in [9.17, 15) is 18.4 Å². The summed E-state index contributed by atoms with van der Waals surface area (Å²) in [6.45, 7) is 3.89. The molecule has 192 valence electrons. The number of anilines is 1. The molecule has 3 amide bonds. The molecular weight excluding hydrogens is 500 g/mol. The van der Waals surface area contributed by atoms with E-state index >= 15 is 0 Å². The number of nitrogens with zero attached hydrogens (tertiary/aromatic N) is 1. The van der Waals surface area contributed by atoms with Crippen molar-refractivity contribution in [2.75, 3.05) is 5.32 Å². The molecule has 0 bridgehead atoms. The topological polar surface area (TPSA) is 97.3 Å². The number of carbonyl (C=O) groups is 2. The predicted molar refractivity (Wildman–Crippen MR) is 138 cm³/mol. The zero-order valence-electron chi connectivity index (χ0n) is 20.3. The summed E-state index contributed by atoms with van der Waals surface area (Å²) in [5.74, 6) is -1.88. The Kier molecular flexibility index (Phi) is 7.45. The molecule has 0 aliphatic carbocycles. The molecule has 0 radical (unpaired) electrons. The summed E-state index contributed by atoms with van der Waals surface area (Å²) in [7, 11) is 0. The third kappa shape index (κ3) is 6.06. The molecule has 1 fully saturated rings. The Balaban J connectivity index is 1.34. The number of guanidine groups is 1. The van der Waals surface area contributed by atoms with Crippen molar-refractivity contribution in [3.63, 3.8) is 0 Å². The van der Waals surface area contributed by atoms with Crippen LogP contribution in [-0.2, 0) is 24.3 Å². The maximum atomic E-state index is 13.6. The van der Waals surface area contributed by atoms with Crippen LogP contribution < -0.4 is 16.0 Å². The second kappa shape index (κ2) is 10.6. The fourth-order valence-electron chi connectivity index (χ4n) is 4.21. The maximum absolute atomic E-state index is 13.6. The average Bonchev–Trinajstić information content (AvgIpc) is 3.03. The molecule has 0 aromatic heterocycles. The lowest BCUT2D eigenvalue weighted by molar-refractivity contribution is -0.130. The molecular formula is C27H26ClF2N5O2. The number of hydrogen-bond acceptors (Lipinski definition) is 3. The maximum Gasteiger partial charge on any atom is 0.319 e. The van der Waals surface area contributed by atoms with Crippen LogP contribution in [0.4, 0.5) is 19.3 Å². The number of urea groups is 1. The van der Waals surface area contributed by atoms with E-state index in [0.29, 0.717) is 16.3 Å². The zero-order valence-corrected chi connectivity index (χ0v) is 21.0. The lowest BCUT2D eigenvalue weighted by Gasteiger charge is -2.22. The third-order valence-corrected chi connectivity index (χ3v) is 6.62. The monoisotopic (exact) mass is 525 g/mol. The highest BCUT2D eigenvalue weighted by molar-refractivity contribution is 6.34. The Morgan fingerprint density at radius 3 is 2.38 bits per heavy atom. The van der Waals surface area contributed by atoms with Gasteiger partial charge in [-0.2, -0.15) is 0 Å². The van der Waals surface area contributed by atoms with Gasteiger partial charge in [-0.05, 0) is 54.3 Å². The number of aryl methyl sites for hydroxylation is 1. The summed E-state index contributed by atoms with van der Waals surface area (Å²) in [4.78, 5) is 26.7. The van der Waals surface area contributed by atoms with Gasteiger partial charge in [-0.25, -0.2) is 13.6 Å². The van der Waals surface area contributed by atoms with E-state index in [1.807, 2.05) is 37.3 Å². The molecule has 1 aliphatic heterocycles. The van der Waals surface area contributed by atoms with Crippen molar-refractivity contribution < 1.29 is 18.4 Å². The lowest BCUT2D eigenvalue weighted by Crippen LogP contribution is -2.46. The molecule has 0 saturated carbocycles. The zero-order chi connectivity index (χ0) is 26.7. The van der Waals surface area contributed by atoms with Crippen molar-refractivity contribution in [2.45, 2.75) is 38.9 Å². The summed E-state index contributed by atoms with van der Waals surface area (Å²) >= 11 is 6.21. The highest BCUT2D eigenvalue weighted by Crippen LogP contribution is 2.26. The van der Waals surface area contributed by atoms with Crippen LogP contribution in [0.3, 0.4) is 0 Å². The summed E-state index contributed by atoms with van der Waals surface area (Å²) < 4.78 is 27.2. The van der Waals surface area contributed by atoms with Gasteiger partial charge in [0.1, 0.15) is 17.2 Å². The van der Waals surface area contributed by atoms with E-state index < -0.39 is 23.2 Å². The van der Waals surface area contributed by atoms with Crippen LogP contribution in [0.1, 0.15) is 29.2 Å². The van der Waals surface area contributed by atoms with Gasteiger partial charge in [-0.3, -0.25) is 15.1 Å². The first-order valence-electron chi connectivity index (χ1n) is 11.6. The summed E-state index contributed by atoms with van der Waals surface area (Å²) in [6.07, 6.45) is 0.0276. The molecule has 1 aliphatic rings. The Labute approximate surface area is 218 Å². The molecule has 3 aromatic rings. The van der Waals surface area contributed by atoms with Gasteiger partial charge in [0.05, 0.1) is 17.3 Å². The smallest absolute Gasteiger partial charge is 0.319 e. The first-order valence-corrected chi connectivity index (χ1v) is 11.9. The minimum atomic E-state index is -1.20. The Morgan fingerprint density at radius 2 is 1.70 bits per heavy atom. The Hall–Kier alpha value is -3.98. The van der Waals surface area contributed by atoms with E-state index in [1.54, 1.807) is 19.1 Å². The molecule has 4 rings (SSSR count). The third-order valence-electron chi connectivity index (χ3n) is 6.12. The minimum absolute atomic E-state index is 0.0276. The lowest BCUT2D eigenvalue weighted by atomic mass is 9.92. The van der Waals surface area contributed by atoms with Gasteiger partial charge < -0.3 is 16.0 Å². The molecule has 4 N–H and O–H groups in total. The molecule has 7 nitrogen and oxygen atoms in total. The quantitative estimate of drug-likeness (QED) is 0.345. The fourth-order valence-corrected chi connectivity index (χ4v) is 4.38. The van der Waals surface area contributed by atoms with Crippen molar-refractivity contribution in [2.24, 2.45) is 0 Å². The van der Waals surface area contributed by atoms with Gasteiger partial charge in [0.25, 0.3) is 5.91 Å². The van der Waals surface area contributed by atoms with Gasteiger partial charge in [0.15, 0.2) is 5.96 Å². The molecule has 0 spiro atoms. The molecule has 0 unspecified atom stereocenters. The van der Waals surface area contributed by atoms with Gasteiger partial charge in [0.2, 0.25) is 0 Å². The van der Waals surface area contributed by atoms with Crippen LogP contribution in [0.15, 0.2) is 60.7 Å². The number of carbonyl (C=O) groups excluding carboxylic acids is 2. The number of halogens is 3. The van der Waals surface area contributed by atoms with Gasteiger partial charge in [0, 0.05) is 19.0 Å². The first-order chi connectivity index (χ1) is 17.5. The van der Waals surface area contributed by atoms with Crippen LogP contribution in [0.2, 0.25) is 5.02 Å². The van der Waals surface area contributed by atoms with E-state index in [1.165, 1.54) is 17.0 Å². The molecule has 1 atom stereocenters. The van der Waals surface area contributed by atoms with Crippen LogP contribution in [0.5, 0.6) is 0 Å². The first kappa shape index (κ1) is 26.1. The molecule has 10 heteroatoms. The number of rotatable bonds is 7. The van der Waals surface area contributed by atoms with E-state index in [0.717, 1.165) is 22.8 Å². The average molecular weight is 526 g/mol. The number of benzene rings is 3. The summed E-state index contributed by atoms with van der Waals surface area (Å²) in [5.41, 5.74) is 2.12. The highest BCUT2D eigenvalue weighted by atomic mass is 35.5. The minimum Gasteiger partial charge on any atom is -0.342 e. The molecule has 37 heavy (non-hydrogen) atoms.